The third kappa shape index (κ3) is 1.97. The number of furan rings is 1. The van der Waals surface area contributed by atoms with E-state index in [1.165, 1.54) is 49.3 Å². The highest BCUT2D eigenvalue weighted by Crippen LogP contribution is 2.43. The average molecular weight is 361 g/mol. The number of aromatic nitrogens is 1. The maximum Gasteiger partial charge on any atom is 0.145 e. The van der Waals surface area contributed by atoms with E-state index in [9.17, 15) is 0 Å². The molecule has 2 nitrogen and oxygen atoms in total. The summed E-state index contributed by atoms with van der Waals surface area (Å²) in [5, 5.41) is 4.89. The van der Waals surface area contributed by atoms with E-state index < -0.39 is 0 Å². The fourth-order valence-electron chi connectivity index (χ4n) is 4.51. The van der Waals surface area contributed by atoms with Gasteiger partial charge in [-0.15, -0.1) is 0 Å². The molecule has 6 aromatic rings. The number of nitrogens with zero attached hydrogens (tertiary/aromatic N) is 1. The van der Waals surface area contributed by atoms with E-state index in [0.717, 1.165) is 11.2 Å². The van der Waals surface area contributed by atoms with Crippen molar-refractivity contribution in [3.05, 3.63) is 84.4 Å². The van der Waals surface area contributed by atoms with Gasteiger partial charge in [0.05, 0.1) is 5.52 Å². The lowest BCUT2D eigenvalue weighted by Crippen LogP contribution is -1.91. The molecule has 0 unspecified atom stereocenters. The Morgan fingerprint density at radius 2 is 1.43 bits per heavy atom. The van der Waals surface area contributed by atoms with Crippen molar-refractivity contribution in [3.8, 4) is 11.1 Å². The molecule has 0 fully saturated rings. The van der Waals surface area contributed by atoms with Crippen LogP contribution in [0.1, 0.15) is 5.56 Å². The summed E-state index contributed by atoms with van der Waals surface area (Å²) in [4.78, 5) is 0. The smallest absolute Gasteiger partial charge is 0.145 e. The zero-order chi connectivity index (χ0) is 18.8. The van der Waals surface area contributed by atoms with Crippen molar-refractivity contribution in [2.75, 3.05) is 0 Å². The van der Waals surface area contributed by atoms with Crippen molar-refractivity contribution in [2.24, 2.45) is 7.05 Å². The molecule has 0 saturated carbocycles. The lowest BCUT2D eigenvalue weighted by molar-refractivity contribution is 0.670. The number of hydrogen-bond donors (Lipinski definition) is 0. The Balaban J connectivity index is 1.92. The fourth-order valence-corrected chi connectivity index (χ4v) is 4.51. The van der Waals surface area contributed by atoms with E-state index in [0.29, 0.717) is 0 Å². The molecule has 0 N–H and O–H groups in total. The monoisotopic (exact) mass is 361 g/mol. The van der Waals surface area contributed by atoms with Gasteiger partial charge in [-0.1, -0.05) is 66.2 Å². The Hall–Kier alpha value is -3.52. The minimum absolute atomic E-state index is 0.936. The van der Waals surface area contributed by atoms with Crippen LogP contribution < -0.4 is 0 Å². The van der Waals surface area contributed by atoms with Gasteiger partial charge in [0.1, 0.15) is 11.2 Å². The molecular formula is C26H19NO. The molecule has 0 spiro atoms. The summed E-state index contributed by atoms with van der Waals surface area (Å²) in [6.45, 7) is 2.12. The summed E-state index contributed by atoms with van der Waals surface area (Å²) in [6, 6.07) is 28.0. The zero-order valence-corrected chi connectivity index (χ0v) is 15.9. The maximum absolute atomic E-state index is 6.41. The van der Waals surface area contributed by atoms with Crippen LogP contribution in [0.25, 0.3) is 54.9 Å². The molecule has 0 bridgehead atoms. The van der Waals surface area contributed by atoms with E-state index in [-0.39, 0.29) is 0 Å². The number of aryl methyl sites for hydroxylation is 2. The van der Waals surface area contributed by atoms with E-state index in [2.05, 4.69) is 91.3 Å². The highest BCUT2D eigenvalue weighted by Gasteiger charge is 2.20. The van der Waals surface area contributed by atoms with Crippen LogP contribution in [0.15, 0.2) is 83.3 Å². The van der Waals surface area contributed by atoms with Crippen LogP contribution in [0.4, 0.5) is 0 Å². The molecule has 0 aliphatic heterocycles. The van der Waals surface area contributed by atoms with Crippen LogP contribution in [-0.4, -0.2) is 4.57 Å². The van der Waals surface area contributed by atoms with Crippen molar-refractivity contribution < 1.29 is 4.42 Å². The number of rotatable bonds is 1. The van der Waals surface area contributed by atoms with Gasteiger partial charge in [0.2, 0.25) is 0 Å². The highest BCUT2D eigenvalue weighted by molar-refractivity contribution is 6.23. The second-order valence-corrected chi connectivity index (χ2v) is 7.56. The molecular weight excluding hydrogens is 342 g/mol. The number of benzene rings is 4. The van der Waals surface area contributed by atoms with E-state index in [4.69, 9.17) is 4.42 Å². The summed E-state index contributed by atoms with van der Waals surface area (Å²) in [7, 11) is 2.15. The molecule has 0 atom stereocenters. The fraction of sp³-hybridized carbons (Fsp3) is 0.0769. The Morgan fingerprint density at radius 3 is 2.25 bits per heavy atom. The molecule has 4 aromatic carbocycles. The van der Waals surface area contributed by atoms with Gasteiger partial charge in [0.15, 0.2) is 0 Å². The Bertz CT molecular complexity index is 1510. The molecule has 2 heterocycles. The predicted octanol–water partition coefficient (Wildman–Crippen LogP) is 7.21. The van der Waals surface area contributed by atoms with E-state index in [1.807, 2.05) is 6.07 Å². The molecule has 2 heteroatoms. The summed E-state index contributed by atoms with van der Waals surface area (Å²) >= 11 is 0. The van der Waals surface area contributed by atoms with Gasteiger partial charge in [-0.2, -0.15) is 0 Å². The third-order valence-electron chi connectivity index (χ3n) is 5.87. The van der Waals surface area contributed by atoms with Gasteiger partial charge < -0.3 is 8.98 Å². The second kappa shape index (κ2) is 5.49. The lowest BCUT2D eigenvalue weighted by atomic mass is 9.97. The van der Waals surface area contributed by atoms with Crippen molar-refractivity contribution in [3.63, 3.8) is 0 Å². The highest BCUT2D eigenvalue weighted by atomic mass is 16.3. The minimum Gasteiger partial charge on any atom is -0.455 e. The largest absolute Gasteiger partial charge is 0.455 e. The van der Waals surface area contributed by atoms with Crippen LogP contribution in [-0.2, 0) is 7.05 Å². The number of fused-ring (bicyclic) bond motifs is 6. The number of hydrogen-bond acceptors (Lipinski definition) is 1. The summed E-state index contributed by atoms with van der Waals surface area (Å²) in [5.41, 5.74) is 7.97. The topological polar surface area (TPSA) is 18.1 Å². The van der Waals surface area contributed by atoms with Gasteiger partial charge in [-0.05, 0) is 30.7 Å². The van der Waals surface area contributed by atoms with Crippen molar-refractivity contribution >= 4 is 43.7 Å². The van der Waals surface area contributed by atoms with Crippen LogP contribution in [0, 0.1) is 6.92 Å². The van der Waals surface area contributed by atoms with Crippen LogP contribution in [0.3, 0.4) is 0 Å². The summed E-state index contributed by atoms with van der Waals surface area (Å²) < 4.78 is 8.71. The first-order valence-corrected chi connectivity index (χ1v) is 9.61. The van der Waals surface area contributed by atoms with Crippen molar-refractivity contribution in [1.82, 2.24) is 4.57 Å². The molecule has 134 valence electrons. The molecule has 6 rings (SSSR count). The van der Waals surface area contributed by atoms with Gasteiger partial charge in [0, 0.05) is 39.7 Å². The third-order valence-corrected chi connectivity index (χ3v) is 5.87. The van der Waals surface area contributed by atoms with Crippen LogP contribution in [0.5, 0.6) is 0 Å². The van der Waals surface area contributed by atoms with Crippen LogP contribution >= 0.6 is 0 Å². The van der Waals surface area contributed by atoms with Crippen molar-refractivity contribution in [1.29, 1.82) is 0 Å². The Morgan fingerprint density at radius 1 is 0.714 bits per heavy atom. The SMILES string of the molecule is Cc1ccc(-c2c3oc4ccccc4c3cc3c4ccccc4n(C)c23)cc1. The zero-order valence-electron chi connectivity index (χ0n) is 15.9. The normalized spacial score (nSPS) is 11.9. The number of para-hydroxylation sites is 2. The van der Waals surface area contributed by atoms with Gasteiger partial charge in [0.25, 0.3) is 0 Å². The predicted molar refractivity (Wildman–Crippen MR) is 118 cm³/mol. The van der Waals surface area contributed by atoms with E-state index >= 15 is 0 Å². The van der Waals surface area contributed by atoms with Crippen molar-refractivity contribution in [2.45, 2.75) is 6.92 Å². The first kappa shape index (κ1) is 15.5. The Kier molecular flexibility index (Phi) is 3.05. The molecule has 0 amide bonds. The minimum atomic E-state index is 0.936. The molecule has 28 heavy (non-hydrogen) atoms. The summed E-state index contributed by atoms with van der Waals surface area (Å²) in [5.74, 6) is 0. The molecule has 0 aliphatic rings. The van der Waals surface area contributed by atoms with Gasteiger partial charge in [-0.25, -0.2) is 0 Å². The Labute approximate surface area is 162 Å². The van der Waals surface area contributed by atoms with Gasteiger partial charge >= 0.3 is 0 Å². The van der Waals surface area contributed by atoms with Crippen LogP contribution in [0.2, 0.25) is 0 Å². The standard InChI is InChI=1S/C26H19NO/c1-16-11-13-17(14-12-16)24-25-20(18-7-3-5-9-22(18)27(25)2)15-21-19-8-4-6-10-23(19)28-26(21)24/h3-15H,1-2H3. The first-order valence-electron chi connectivity index (χ1n) is 9.61. The molecule has 2 aromatic heterocycles. The maximum atomic E-state index is 6.41. The lowest BCUT2D eigenvalue weighted by Gasteiger charge is -2.09. The summed E-state index contributed by atoms with van der Waals surface area (Å²) in [6.07, 6.45) is 0. The molecule has 0 saturated heterocycles. The van der Waals surface area contributed by atoms with Gasteiger partial charge in [-0.3, -0.25) is 0 Å². The second-order valence-electron chi connectivity index (χ2n) is 7.56. The molecule has 0 radical (unpaired) electrons. The van der Waals surface area contributed by atoms with E-state index in [1.54, 1.807) is 0 Å². The average Bonchev–Trinajstić information content (AvgIpc) is 3.24. The molecule has 0 aliphatic carbocycles. The first-order chi connectivity index (χ1) is 13.7. The quantitative estimate of drug-likeness (QED) is 0.303.